The van der Waals surface area contributed by atoms with Gasteiger partial charge in [0.15, 0.2) is 0 Å². The minimum Gasteiger partial charge on any atom is -0.394 e. The zero-order chi connectivity index (χ0) is 26.6. The van der Waals surface area contributed by atoms with Gasteiger partial charge >= 0.3 is 0 Å². The molecule has 7 nitrogen and oxygen atoms in total. The van der Waals surface area contributed by atoms with Crippen LogP contribution in [0.2, 0.25) is 0 Å². The number of rotatable bonds is 7. The van der Waals surface area contributed by atoms with Crippen LogP contribution in [0.15, 0.2) is 30.3 Å². The van der Waals surface area contributed by atoms with Crippen molar-refractivity contribution in [2.75, 3.05) is 11.9 Å². The fourth-order valence-corrected chi connectivity index (χ4v) is 9.55. The van der Waals surface area contributed by atoms with Crippen LogP contribution in [-0.2, 0) is 14.4 Å². The Hall–Kier alpha value is -2.06. The third-order valence-corrected chi connectivity index (χ3v) is 10.0. The second-order valence-corrected chi connectivity index (χ2v) is 14.3. The van der Waals surface area contributed by atoms with E-state index in [4.69, 9.17) is 0 Å². The second-order valence-electron chi connectivity index (χ2n) is 12.8. The number of carbonyl (C=O) groups is 3. The third-order valence-electron chi connectivity index (χ3n) is 7.95. The van der Waals surface area contributed by atoms with E-state index < -0.39 is 34.2 Å². The molecule has 1 aromatic carbocycles. The molecular weight excluding hydrogens is 474 g/mol. The highest BCUT2D eigenvalue weighted by Crippen LogP contribution is 2.68. The standard InChI is InChI=1S/C28H41N3O4S/c1-16-13-19-20(23(33)29-18-11-9-8-10-12-18)21-25(35)31(17(2)14-32)22(28(16,21)36-19)24(34)30-27(6,7)15-26(3,4)5/h8-12,16-17,19-22,32H,13-15H2,1-7H3,(H,29,33)(H,30,34)/t16?,17-,19-,20+,21+,22?,28?/m1/s1. The number of carbonyl (C=O) groups excluding carboxylic acids is 3. The Morgan fingerprint density at radius 2 is 1.81 bits per heavy atom. The van der Waals surface area contributed by atoms with Crippen molar-refractivity contribution in [3.8, 4) is 0 Å². The SMILES string of the molecule is CC1C[C@H]2SC13C(C(=O)NC(C)(C)CC(C)(C)C)N([C@H](C)CO)C(=O)[C@@H]3[C@H]2C(=O)Nc1ccccc1. The van der Waals surface area contributed by atoms with Gasteiger partial charge in [-0.05, 0) is 57.1 Å². The highest BCUT2D eigenvalue weighted by molar-refractivity contribution is 8.02. The summed E-state index contributed by atoms with van der Waals surface area (Å²) in [6, 6.07) is 8.01. The van der Waals surface area contributed by atoms with E-state index in [-0.39, 0.29) is 40.9 Å². The van der Waals surface area contributed by atoms with Gasteiger partial charge in [-0.1, -0.05) is 45.9 Å². The van der Waals surface area contributed by atoms with Gasteiger partial charge in [0.1, 0.15) is 6.04 Å². The molecule has 2 bridgehead atoms. The monoisotopic (exact) mass is 515 g/mol. The molecule has 3 aliphatic heterocycles. The van der Waals surface area contributed by atoms with Gasteiger partial charge in [-0.2, -0.15) is 0 Å². The van der Waals surface area contributed by atoms with Crippen LogP contribution in [0.3, 0.4) is 0 Å². The molecule has 1 aromatic rings. The van der Waals surface area contributed by atoms with Gasteiger partial charge in [0.2, 0.25) is 17.7 Å². The summed E-state index contributed by atoms with van der Waals surface area (Å²) in [5, 5.41) is 16.3. The normalized spacial score (nSPS) is 32.4. The zero-order valence-electron chi connectivity index (χ0n) is 22.5. The highest BCUT2D eigenvalue weighted by atomic mass is 32.2. The average Bonchev–Trinajstić information content (AvgIpc) is 3.35. The summed E-state index contributed by atoms with van der Waals surface area (Å²) in [6.07, 6.45) is 1.55. The first-order valence-electron chi connectivity index (χ1n) is 13.0. The first-order chi connectivity index (χ1) is 16.7. The number of amides is 3. The van der Waals surface area contributed by atoms with Crippen LogP contribution in [0, 0.1) is 23.2 Å². The Labute approximate surface area is 219 Å². The van der Waals surface area contributed by atoms with Crippen LogP contribution < -0.4 is 10.6 Å². The molecule has 3 saturated heterocycles. The number of fused-ring (bicyclic) bond motifs is 1. The van der Waals surface area contributed by atoms with Gasteiger partial charge in [-0.15, -0.1) is 11.8 Å². The molecule has 3 unspecified atom stereocenters. The van der Waals surface area contributed by atoms with Crippen molar-refractivity contribution in [2.45, 2.75) is 88.9 Å². The van der Waals surface area contributed by atoms with Crippen LogP contribution in [-0.4, -0.2) is 62.0 Å². The van der Waals surface area contributed by atoms with E-state index >= 15 is 0 Å². The number of hydrogen-bond acceptors (Lipinski definition) is 5. The van der Waals surface area contributed by atoms with Crippen LogP contribution in [0.1, 0.15) is 61.3 Å². The summed E-state index contributed by atoms with van der Waals surface area (Å²) in [6.45, 7) is 14.1. The Morgan fingerprint density at radius 3 is 2.39 bits per heavy atom. The van der Waals surface area contributed by atoms with Crippen LogP contribution >= 0.6 is 11.8 Å². The molecule has 0 aliphatic carbocycles. The molecular formula is C28H41N3O4S. The van der Waals surface area contributed by atoms with Crippen molar-refractivity contribution < 1.29 is 19.5 Å². The van der Waals surface area contributed by atoms with Gasteiger partial charge in [0.05, 0.1) is 29.2 Å². The van der Waals surface area contributed by atoms with E-state index in [9.17, 15) is 19.5 Å². The van der Waals surface area contributed by atoms with E-state index in [1.54, 1.807) is 23.6 Å². The average molecular weight is 516 g/mol. The Morgan fingerprint density at radius 1 is 1.17 bits per heavy atom. The van der Waals surface area contributed by atoms with Crippen molar-refractivity contribution in [1.82, 2.24) is 10.2 Å². The predicted molar refractivity (Wildman–Crippen MR) is 143 cm³/mol. The molecule has 3 fully saturated rings. The lowest BCUT2D eigenvalue weighted by atomic mass is 9.65. The molecule has 1 spiro atoms. The van der Waals surface area contributed by atoms with E-state index in [0.29, 0.717) is 5.69 Å². The summed E-state index contributed by atoms with van der Waals surface area (Å²) in [7, 11) is 0. The fourth-order valence-electron chi connectivity index (χ4n) is 7.14. The van der Waals surface area contributed by atoms with Crippen molar-refractivity contribution in [3.63, 3.8) is 0 Å². The van der Waals surface area contributed by atoms with Gasteiger partial charge in [0.25, 0.3) is 0 Å². The molecule has 0 radical (unpaired) electrons. The highest BCUT2D eigenvalue weighted by Gasteiger charge is 2.76. The van der Waals surface area contributed by atoms with Crippen molar-refractivity contribution in [3.05, 3.63) is 30.3 Å². The van der Waals surface area contributed by atoms with Crippen molar-refractivity contribution in [2.24, 2.45) is 23.2 Å². The molecule has 0 aromatic heterocycles. The molecule has 3 N–H and O–H groups in total. The van der Waals surface area contributed by atoms with Gasteiger partial charge in [-0.3, -0.25) is 14.4 Å². The summed E-state index contributed by atoms with van der Waals surface area (Å²) >= 11 is 1.65. The number of para-hydroxylation sites is 1. The number of aliphatic hydroxyl groups is 1. The lowest BCUT2D eigenvalue weighted by molar-refractivity contribution is -0.142. The van der Waals surface area contributed by atoms with Crippen molar-refractivity contribution >= 4 is 35.2 Å². The topological polar surface area (TPSA) is 98.7 Å². The first-order valence-corrected chi connectivity index (χ1v) is 13.9. The number of nitrogens with zero attached hydrogens (tertiary/aromatic N) is 1. The summed E-state index contributed by atoms with van der Waals surface area (Å²) in [5.41, 5.74) is 0.229. The third kappa shape index (κ3) is 4.55. The molecule has 4 rings (SSSR count). The maximum absolute atomic E-state index is 14.1. The minimum absolute atomic E-state index is 0.00957. The van der Waals surface area contributed by atoms with Crippen LogP contribution in [0.4, 0.5) is 5.69 Å². The molecule has 8 heteroatoms. The van der Waals surface area contributed by atoms with E-state index in [2.05, 4.69) is 38.3 Å². The quantitative estimate of drug-likeness (QED) is 0.515. The number of aliphatic hydroxyl groups excluding tert-OH is 1. The summed E-state index contributed by atoms with van der Waals surface area (Å²) < 4.78 is -0.703. The summed E-state index contributed by atoms with van der Waals surface area (Å²) in [5.74, 6) is -1.59. The molecule has 3 aliphatic rings. The zero-order valence-corrected chi connectivity index (χ0v) is 23.3. The summed E-state index contributed by atoms with van der Waals surface area (Å²) in [4.78, 5) is 43.2. The van der Waals surface area contributed by atoms with Gasteiger partial charge < -0.3 is 20.6 Å². The predicted octanol–water partition coefficient (Wildman–Crippen LogP) is 3.67. The number of anilines is 1. The number of benzene rings is 1. The molecule has 0 saturated carbocycles. The second kappa shape index (κ2) is 9.35. The number of thioether (sulfide) groups is 1. The molecule has 7 atom stereocenters. The maximum Gasteiger partial charge on any atom is 0.244 e. The number of hydrogen-bond donors (Lipinski definition) is 3. The lowest BCUT2D eigenvalue weighted by Crippen LogP contribution is -2.61. The molecule has 3 amide bonds. The number of nitrogens with one attached hydrogen (secondary N) is 2. The Balaban J connectivity index is 1.70. The first kappa shape index (κ1) is 27.0. The van der Waals surface area contributed by atoms with E-state index in [1.165, 1.54) is 0 Å². The van der Waals surface area contributed by atoms with Crippen molar-refractivity contribution in [1.29, 1.82) is 0 Å². The Bertz CT molecular complexity index is 1020. The fraction of sp³-hybridized carbons (Fsp3) is 0.679. The van der Waals surface area contributed by atoms with Gasteiger partial charge in [-0.25, -0.2) is 0 Å². The molecule has 198 valence electrons. The number of likely N-dealkylation sites (tertiary alicyclic amines) is 1. The van der Waals surface area contributed by atoms with Gasteiger partial charge in [0, 0.05) is 16.5 Å². The van der Waals surface area contributed by atoms with Crippen LogP contribution in [0.25, 0.3) is 0 Å². The molecule has 36 heavy (non-hydrogen) atoms. The van der Waals surface area contributed by atoms with E-state index in [1.807, 2.05) is 44.2 Å². The maximum atomic E-state index is 14.1. The Kier molecular flexibility index (Phi) is 7.01. The largest absolute Gasteiger partial charge is 0.394 e. The lowest BCUT2D eigenvalue weighted by Gasteiger charge is -2.42. The molecule has 3 heterocycles. The minimum atomic E-state index is -0.740. The smallest absolute Gasteiger partial charge is 0.244 e. The van der Waals surface area contributed by atoms with Crippen LogP contribution in [0.5, 0.6) is 0 Å². The van der Waals surface area contributed by atoms with E-state index in [0.717, 1.165) is 12.8 Å².